The molecule has 1 saturated carbocycles. The lowest BCUT2D eigenvalue weighted by Gasteiger charge is -2.15. The minimum Gasteiger partial charge on any atom is -0.450 e. The molecule has 0 amide bonds. The Bertz CT molecular complexity index is 984. The largest absolute Gasteiger partial charge is 0.450 e. The molecular formula is C20H16F3NO5. The van der Waals surface area contributed by atoms with E-state index in [1.807, 2.05) is 6.92 Å². The van der Waals surface area contributed by atoms with Crippen LogP contribution in [0.2, 0.25) is 0 Å². The summed E-state index contributed by atoms with van der Waals surface area (Å²) in [6.45, 7) is 1.85. The molecule has 29 heavy (non-hydrogen) atoms. The first-order valence-electron chi connectivity index (χ1n) is 8.83. The zero-order valence-corrected chi connectivity index (χ0v) is 15.3. The fourth-order valence-electron chi connectivity index (χ4n) is 3.34. The Morgan fingerprint density at radius 2 is 1.76 bits per heavy atom. The van der Waals surface area contributed by atoms with E-state index in [9.17, 15) is 32.9 Å². The average Bonchev–Trinajstić information content (AvgIpc) is 2.99. The van der Waals surface area contributed by atoms with E-state index in [0.29, 0.717) is 24.1 Å². The van der Waals surface area contributed by atoms with E-state index < -0.39 is 28.3 Å². The van der Waals surface area contributed by atoms with Crippen LogP contribution in [0.4, 0.5) is 18.9 Å². The van der Waals surface area contributed by atoms with Crippen molar-refractivity contribution in [1.82, 2.24) is 0 Å². The standard InChI is InChI=1S/C20H16F3NO5/c1-2-11-3-5-13(10-14(11)19-16(25)6-7-17(19)26)29-18-8-4-12(20(21,22)23)9-15(18)24(27)28/h3-5,8-10,19H,2,6-7H2,1H3. The van der Waals surface area contributed by atoms with Gasteiger partial charge in [0, 0.05) is 18.9 Å². The highest BCUT2D eigenvalue weighted by molar-refractivity contribution is 6.13. The number of ether oxygens (including phenoxy) is 1. The topological polar surface area (TPSA) is 86.5 Å². The second-order valence-electron chi connectivity index (χ2n) is 6.62. The first-order valence-corrected chi connectivity index (χ1v) is 8.83. The third-order valence-corrected chi connectivity index (χ3v) is 4.78. The van der Waals surface area contributed by atoms with Gasteiger partial charge in [-0.25, -0.2) is 0 Å². The number of aryl methyl sites for hydroxylation is 1. The number of nitro groups is 1. The summed E-state index contributed by atoms with van der Waals surface area (Å²) in [6.07, 6.45) is -3.88. The lowest BCUT2D eigenvalue weighted by Crippen LogP contribution is -2.14. The van der Waals surface area contributed by atoms with Crippen molar-refractivity contribution in [2.45, 2.75) is 38.3 Å². The summed E-state index contributed by atoms with van der Waals surface area (Å²) in [7, 11) is 0. The monoisotopic (exact) mass is 407 g/mol. The number of carbonyl (C=O) groups excluding carboxylic acids is 2. The smallest absolute Gasteiger partial charge is 0.416 e. The number of halogens is 3. The quantitative estimate of drug-likeness (QED) is 0.396. The number of carbonyl (C=O) groups is 2. The van der Waals surface area contributed by atoms with Crippen LogP contribution in [0.5, 0.6) is 11.5 Å². The first-order chi connectivity index (χ1) is 13.6. The van der Waals surface area contributed by atoms with Crippen molar-refractivity contribution < 1.29 is 32.4 Å². The molecule has 2 aromatic carbocycles. The number of benzene rings is 2. The maximum atomic E-state index is 12.8. The molecule has 0 aromatic heterocycles. The SMILES string of the molecule is CCc1ccc(Oc2ccc(C(F)(F)F)cc2[N+](=O)[O-])cc1C1C(=O)CCC1=O. The molecule has 0 bridgehead atoms. The minimum atomic E-state index is -4.73. The maximum absolute atomic E-state index is 12.8. The van der Waals surface area contributed by atoms with E-state index in [1.165, 1.54) is 12.1 Å². The van der Waals surface area contributed by atoms with Gasteiger partial charge in [-0.2, -0.15) is 13.2 Å². The van der Waals surface area contributed by atoms with E-state index >= 15 is 0 Å². The predicted octanol–water partition coefficient (Wildman–Crippen LogP) is 4.98. The molecule has 0 spiro atoms. The number of nitro benzene ring substituents is 1. The van der Waals surface area contributed by atoms with E-state index in [1.54, 1.807) is 6.07 Å². The molecular weight excluding hydrogens is 391 g/mol. The highest BCUT2D eigenvalue weighted by Crippen LogP contribution is 2.39. The van der Waals surface area contributed by atoms with Crippen LogP contribution in [0, 0.1) is 10.1 Å². The Balaban J connectivity index is 2.01. The van der Waals surface area contributed by atoms with Crippen LogP contribution >= 0.6 is 0 Å². The number of hydrogen-bond acceptors (Lipinski definition) is 5. The van der Waals surface area contributed by atoms with Crippen molar-refractivity contribution in [2.24, 2.45) is 0 Å². The van der Waals surface area contributed by atoms with Crippen LogP contribution in [0.3, 0.4) is 0 Å². The van der Waals surface area contributed by atoms with Gasteiger partial charge in [0.2, 0.25) is 5.75 Å². The summed E-state index contributed by atoms with van der Waals surface area (Å²) >= 11 is 0. The molecule has 3 rings (SSSR count). The Labute approximate surface area is 163 Å². The zero-order valence-electron chi connectivity index (χ0n) is 15.3. The van der Waals surface area contributed by atoms with Gasteiger partial charge in [-0.3, -0.25) is 19.7 Å². The van der Waals surface area contributed by atoms with Crippen molar-refractivity contribution in [1.29, 1.82) is 0 Å². The third-order valence-electron chi connectivity index (χ3n) is 4.78. The van der Waals surface area contributed by atoms with E-state index in [4.69, 9.17) is 4.74 Å². The minimum absolute atomic E-state index is 0.0903. The Kier molecular flexibility index (Phi) is 5.41. The summed E-state index contributed by atoms with van der Waals surface area (Å²) in [5.74, 6) is -1.60. The fourth-order valence-corrected chi connectivity index (χ4v) is 3.34. The zero-order chi connectivity index (χ0) is 21.3. The van der Waals surface area contributed by atoms with Gasteiger partial charge >= 0.3 is 11.9 Å². The molecule has 0 heterocycles. The van der Waals surface area contributed by atoms with E-state index in [2.05, 4.69) is 0 Å². The molecule has 1 aliphatic rings. The normalized spacial score (nSPS) is 15.0. The van der Waals surface area contributed by atoms with Crippen molar-refractivity contribution in [2.75, 3.05) is 0 Å². The number of hydrogen-bond donors (Lipinski definition) is 0. The van der Waals surface area contributed by atoms with Crippen molar-refractivity contribution in [3.8, 4) is 11.5 Å². The van der Waals surface area contributed by atoms with Crippen LogP contribution in [0.25, 0.3) is 0 Å². The lowest BCUT2D eigenvalue weighted by atomic mass is 9.90. The Hall–Kier alpha value is -3.23. The van der Waals surface area contributed by atoms with Gasteiger partial charge in [0.25, 0.3) is 0 Å². The molecule has 1 aliphatic carbocycles. The highest BCUT2D eigenvalue weighted by atomic mass is 19.4. The molecule has 2 aromatic rings. The number of alkyl halides is 3. The van der Waals surface area contributed by atoms with Crippen LogP contribution < -0.4 is 4.74 Å². The number of rotatable bonds is 5. The van der Waals surface area contributed by atoms with Gasteiger partial charge in [-0.1, -0.05) is 13.0 Å². The maximum Gasteiger partial charge on any atom is 0.416 e. The van der Waals surface area contributed by atoms with Crippen molar-refractivity contribution in [3.05, 3.63) is 63.2 Å². The average molecular weight is 407 g/mol. The van der Waals surface area contributed by atoms with Gasteiger partial charge in [0.15, 0.2) is 0 Å². The predicted molar refractivity (Wildman–Crippen MR) is 96.0 cm³/mol. The summed E-state index contributed by atoms with van der Waals surface area (Å²) < 4.78 is 44.0. The molecule has 0 N–H and O–H groups in total. The fraction of sp³-hybridized carbons (Fsp3) is 0.300. The number of Topliss-reactive ketones (excluding diaryl/α,β-unsaturated/α-hetero) is 2. The molecule has 6 nitrogen and oxygen atoms in total. The van der Waals surface area contributed by atoms with Crippen molar-refractivity contribution >= 4 is 17.3 Å². The van der Waals surface area contributed by atoms with Gasteiger partial charge in [0.05, 0.1) is 10.5 Å². The third kappa shape index (κ3) is 4.13. The van der Waals surface area contributed by atoms with Crippen LogP contribution in [0.1, 0.15) is 42.4 Å². The van der Waals surface area contributed by atoms with E-state index in [0.717, 1.165) is 11.6 Å². The van der Waals surface area contributed by atoms with Gasteiger partial charge in [-0.15, -0.1) is 0 Å². The van der Waals surface area contributed by atoms with Gasteiger partial charge in [-0.05, 0) is 41.8 Å². The van der Waals surface area contributed by atoms with Crippen LogP contribution in [0.15, 0.2) is 36.4 Å². The van der Waals surface area contributed by atoms with Gasteiger partial charge in [0.1, 0.15) is 23.2 Å². The molecule has 0 atom stereocenters. The summed E-state index contributed by atoms with van der Waals surface area (Å²) in [5, 5.41) is 11.2. The summed E-state index contributed by atoms with van der Waals surface area (Å²) in [4.78, 5) is 34.5. The molecule has 152 valence electrons. The number of nitrogens with zero attached hydrogens (tertiary/aromatic N) is 1. The molecule has 0 aliphatic heterocycles. The second-order valence-corrected chi connectivity index (χ2v) is 6.62. The van der Waals surface area contributed by atoms with Crippen LogP contribution in [-0.2, 0) is 22.2 Å². The Morgan fingerprint density at radius 1 is 1.10 bits per heavy atom. The lowest BCUT2D eigenvalue weighted by molar-refractivity contribution is -0.385. The molecule has 1 fully saturated rings. The molecule has 0 radical (unpaired) electrons. The van der Waals surface area contributed by atoms with Gasteiger partial charge < -0.3 is 4.74 Å². The summed E-state index contributed by atoms with van der Waals surface area (Å²) in [6, 6.07) is 6.55. The number of ketones is 2. The summed E-state index contributed by atoms with van der Waals surface area (Å²) in [5.41, 5.74) is -0.783. The first kappa shape index (κ1) is 20.5. The Morgan fingerprint density at radius 3 is 2.31 bits per heavy atom. The van der Waals surface area contributed by atoms with Crippen LogP contribution in [-0.4, -0.2) is 16.5 Å². The highest BCUT2D eigenvalue weighted by Gasteiger charge is 2.36. The van der Waals surface area contributed by atoms with Crippen molar-refractivity contribution in [3.63, 3.8) is 0 Å². The van der Waals surface area contributed by atoms with E-state index in [-0.39, 0.29) is 35.9 Å². The molecule has 0 unspecified atom stereocenters. The molecule has 0 saturated heterocycles. The second kappa shape index (κ2) is 7.65. The molecule has 9 heteroatoms.